The Balaban J connectivity index is 2.16. The van der Waals surface area contributed by atoms with E-state index < -0.39 is 17.8 Å². The minimum atomic E-state index is -0.865. The molecule has 0 aromatic rings. The van der Waals surface area contributed by atoms with Crippen molar-refractivity contribution >= 4 is 11.9 Å². The summed E-state index contributed by atoms with van der Waals surface area (Å²) in [6, 6.07) is 0. The molecule has 1 saturated carbocycles. The van der Waals surface area contributed by atoms with Gasteiger partial charge < -0.3 is 5.11 Å². The molecule has 0 aromatic carbocycles. The molecule has 88 valence electrons. The number of aliphatic carboxylic acids is 1. The molecule has 4 atom stereocenters. The van der Waals surface area contributed by atoms with Gasteiger partial charge in [0.2, 0.25) is 5.91 Å². The molecular formula is C11H16N2O3. The maximum absolute atomic E-state index is 11.9. The van der Waals surface area contributed by atoms with E-state index in [9.17, 15) is 9.59 Å². The van der Waals surface area contributed by atoms with Crippen LogP contribution in [0.25, 0.3) is 0 Å². The lowest BCUT2D eigenvalue weighted by atomic mass is 9.82. The first kappa shape index (κ1) is 11.1. The monoisotopic (exact) mass is 224 g/mol. The molecule has 2 aliphatic rings. The van der Waals surface area contributed by atoms with Crippen molar-refractivity contribution in [3.05, 3.63) is 12.2 Å². The number of nitrogens with one attached hydrogen (secondary N) is 1. The Labute approximate surface area is 94.1 Å². The lowest BCUT2D eigenvalue weighted by molar-refractivity contribution is -0.148. The lowest BCUT2D eigenvalue weighted by Crippen LogP contribution is -2.45. The van der Waals surface area contributed by atoms with Gasteiger partial charge in [0.15, 0.2) is 0 Å². The van der Waals surface area contributed by atoms with Gasteiger partial charge in [-0.3, -0.25) is 15.0 Å². The van der Waals surface area contributed by atoms with Gasteiger partial charge in [-0.15, -0.1) is 0 Å². The van der Waals surface area contributed by atoms with Crippen molar-refractivity contribution in [2.45, 2.75) is 6.42 Å². The molecule has 0 spiro atoms. The molecule has 0 saturated heterocycles. The molecule has 0 aromatic heterocycles. The number of hydrazine groups is 1. The molecule has 16 heavy (non-hydrogen) atoms. The number of amides is 1. The highest BCUT2D eigenvalue weighted by Crippen LogP contribution is 2.48. The van der Waals surface area contributed by atoms with Crippen LogP contribution in [0.1, 0.15) is 6.42 Å². The van der Waals surface area contributed by atoms with Crippen molar-refractivity contribution in [2.75, 3.05) is 14.1 Å². The van der Waals surface area contributed by atoms with Crippen molar-refractivity contribution in [2.24, 2.45) is 23.7 Å². The van der Waals surface area contributed by atoms with Gasteiger partial charge in [-0.2, -0.15) is 0 Å². The van der Waals surface area contributed by atoms with E-state index in [1.165, 1.54) is 0 Å². The van der Waals surface area contributed by atoms with Crippen LogP contribution in [-0.2, 0) is 9.59 Å². The number of hydrogen-bond acceptors (Lipinski definition) is 3. The molecule has 5 nitrogen and oxygen atoms in total. The first-order valence-corrected chi connectivity index (χ1v) is 5.39. The number of carbonyl (C=O) groups is 2. The zero-order valence-electron chi connectivity index (χ0n) is 9.38. The number of hydrogen-bond donors (Lipinski definition) is 2. The number of carboxylic acids is 1. The summed E-state index contributed by atoms with van der Waals surface area (Å²) in [7, 11) is 3.44. The topological polar surface area (TPSA) is 69.6 Å². The van der Waals surface area contributed by atoms with Crippen LogP contribution in [0.3, 0.4) is 0 Å². The van der Waals surface area contributed by atoms with Crippen molar-refractivity contribution < 1.29 is 14.7 Å². The fourth-order valence-corrected chi connectivity index (χ4v) is 2.81. The van der Waals surface area contributed by atoms with Gasteiger partial charge in [0, 0.05) is 14.1 Å². The van der Waals surface area contributed by atoms with E-state index in [-0.39, 0.29) is 17.7 Å². The first-order valence-electron chi connectivity index (χ1n) is 5.39. The average Bonchev–Trinajstić information content (AvgIpc) is 2.74. The highest BCUT2D eigenvalue weighted by Gasteiger charge is 2.51. The Kier molecular flexibility index (Phi) is 2.71. The summed E-state index contributed by atoms with van der Waals surface area (Å²) in [6.45, 7) is 0. The Morgan fingerprint density at radius 1 is 1.25 bits per heavy atom. The van der Waals surface area contributed by atoms with Gasteiger partial charge >= 0.3 is 5.97 Å². The van der Waals surface area contributed by atoms with Crippen LogP contribution in [0.5, 0.6) is 0 Å². The van der Waals surface area contributed by atoms with Crippen molar-refractivity contribution in [3.8, 4) is 0 Å². The van der Waals surface area contributed by atoms with Crippen molar-refractivity contribution in [3.63, 3.8) is 0 Å². The Bertz CT molecular complexity index is 351. The predicted octanol–water partition coefficient (Wildman–Crippen LogP) is 0.102. The summed E-state index contributed by atoms with van der Waals surface area (Å²) in [6.07, 6.45) is 4.70. The third-order valence-electron chi connectivity index (χ3n) is 3.38. The third-order valence-corrected chi connectivity index (χ3v) is 3.38. The van der Waals surface area contributed by atoms with Gasteiger partial charge in [-0.1, -0.05) is 12.2 Å². The molecular weight excluding hydrogens is 208 g/mol. The normalized spacial score (nSPS) is 35.7. The lowest BCUT2D eigenvalue weighted by Gasteiger charge is -2.25. The molecule has 1 amide bonds. The second kappa shape index (κ2) is 3.90. The smallest absolute Gasteiger partial charge is 0.307 e. The zero-order chi connectivity index (χ0) is 11.9. The van der Waals surface area contributed by atoms with Crippen molar-refractivity contribution in [1.29, 1.82) is 0 Å². The van der Waals surface area contributed by atoms with E-state index in [1.54, 1.807) is 19.1 Å². The summed E-state index contributed by atoms with van der Waals surface area (Å²) in [4.78, 5) is 23.1. The van der Waals surface area contributed by atoms with E-state index in [1.807, 2.05) is 12.2 Å². The Morgan fingerprint density at radius 2 is 1.81 bits per heavy atom. The molecule has 2 N–H and O–H groups in total. The number of fused-ring (bicyclic) bond motifs is 2. The number of carbonyl (C=O) groups excluding carboxylic acids is 1. The van der Waals surface area contributed by atoms with E-state index in [4.69, 9.17) is 5.11 Å². The molecule has 0 aliphatic heterocycles. The minimum absolute atomic E-state index is 0.0282. The van der Waals surface area contributed by atoms with E-state index in [0.717, 1.165) is 6.42 Å². The summed E-state index contributed by atoms with van der Waals surface area (Å²) < 4.78 is 0. The first-order chi connectivity index (χ1) is 7.50. The number of carboxylic acid groups (broad SMARTS) is 1. The molecule has 1 fully saturated rings. The van der Waals surface area contributed by atoms with E-state index in [2.05, 4.69) is 5.43 Å². The number of allylic oxidation sites excluding steroid dienone is 2. The van der Waals surface area contributed by atoms with Gasteiger partial charge in [-0.05, 0) is 18.3 Å². The second-order valence-electron chi connectivity index (χ2n) is 4.71. The van der Waals surface area contributed by atoms with Gasteiger partial charge in [0.1, 0.15) is 0 Å². The molecule has 2 rings (SSSR count). The molecule has 4 unspecified atom stereocenters. The van der Waals surface area contributed by atoms with Gasteiger partial charge in [0.25, 0.3) is 0 Å². The van der Waals surface area contributed by atoms with E-state index >= 15 is 0 Å². The summed E-state index contributed by atoms with van der Waals surface area (Å²) in [5, 5.41) is 10.7. The molecule has 2 bridgehead atoms. The fourth-order valence-electron chi connectivity index (χ4n) is 2.81. The zero-order valence-corrected chi connectivity index (χ0v) is 9.38. The Morgan fingerprint density at radius 3 is 2.31 bits per heavy atom. The van der Waals surface area contributed by atoms with Gasteiger partial charge in [-0.25, -0.2) is 5.01 Å². The highest BCUT2D eigenvalue weighted by molar-refractivity contribution is 5.86. The molecule has 5 heteroatoms. The van der Waals surface area contributed by atoms with Crippen LogP contribution in [-0.4, -0.2) is 36.1 Å². The van der Waals surface area contributed by atoms with Crippen LogP contribution in [0, 0.1) is 23.7 Å². The third kappa shape index (κ3) is 1.71. The number of nitrogens with zero attached hydrogens (tertiary/aromatic N) is 1. The second-order valence-corrected chi connectivity index (χ2v) is 4.71. The minimum Gasteiger partial charge on any atom is -0.481 e. The summed E-state index contributed by atoms with van der Waals surface area (Å²) in [5.41, 5.74) is 2.65. The largest absolute Gasteiger partial charge is 0.481 e. The molecule has 2 aliphatic carbocycles. The maximum atomic E-state index is 11.9. The standard InChI is InChI=1S/C11H16N2O3/c1-13(2)12-10(14)8-6-3-4-7(5-6)9(8)11(15)16/h3-4,6-9H,5H2,1-2H3,(H,12,14)(H,15,16). The van der Waals surface area contributed by atoms with Crippen LogP contribution < -0.4 is 5.43 Å². The van der Waals surface area contributed by atoms with Gasteiger partial charge in [0.05, 0.1) is 11.8 Å². The van der Waals surface area contributed by atoms with Crippen LogP contribution in [0.15, 0.2) is 12.2 Å². The Hall–Kier alpha value is -1.36. The van der Waals surface area contributed by atoms with Crippen LogP contribution in [0.2, 0.25) is 0 Å². The average molecular weight is 224 g/mol. The quantitative estimate of drug-likeness (QED) is 0.527. The SMILES string of the molecule is CN(C)NC(=O)C1C2C=CC(C2)C1C(=O)O. The molecule has 0 radical (unpaired) electrons. The van der Waals surface area contributed by atoms with Crippen LogP contribution in [0.4, 0.5) is 0 Å². The van der Waals surface area contributed by atoms with Crippen molar-refractivity contribution in [1.82, 2.24) is 10.4 Å². The highest BCUT2D eigenvalue weighted by atomic mass is 16.4. The summed E-state index contributed by atoms with van der Waals surface area (Å²) in [5.74, 6) is -1.92. The van der Waals surface area contributed by atoms with E-state index in [0.29, 0.717) is 0 Å². The fraction of sp³-hybridized carbons (Fsp3) is 0.636. The van der Waals surface area contributed by atoms with Crippen LogP contribution >= 0.6 is 0 Å². The molecule has 0 heterocycles. The summed E-state index contributed by atoms with van der Waals surface area (Å²) >= 11 is 0. The number of rotatable bonds is 3. The maximum Gasteiger partial charge on any atom is 0.307 e. The predicted molar refractivity (Wildman–Crippen MR) is 57.2 cm³/mol.